The highest BCUT2D eigenvalue weighted by Crippen LogP contribution is 2.20. The Morgan fingerprint density at radius 1 is 0.538 bits per heavy atom. The van der Waals surface area contributed by atoms with Gasteiger partial charge in [-0.05, 0) is 19.3 Å². The van der Waals surface area contributed by atoms with Crippen LogP contribution < -0.4 is 0 Å². The Balaban J connectivity index is 3.47. The van der Waals surface area contributed by atoms with Crippen LogP contribution in [-0.2, 0) is 9.53 Å². The van der Waals surface area contributed by atoms with E-state index in [2.05, 4.69) is 20.8 Å². The Hall–Kier alpha value is -0.530. The van der Waals surface area contributed by atoms with Gasteiger partial charge in [0.1, 0.15) is 0 Å². The van der Waals surface area contributed by atoms with Crippen molar-refractivity contribution in [3.8, 4) is 0 Å². The number of carbonyl (C=O) groups is 1. The number of unbranched alkanes of at least 4 members (excludes halogenated alkanes) is 13. The summed E-state index contributed by atoms with van der Waals surface area (Å²) in [4.78, 5) is 12.2. The summed E-state index contributed by atoms with van der Waals surface area (Å²) in [6, 6.07) is 0. The lowest BCUT2D eigenvalue weighted by molar-refractivity contribution is -0.142. The topological polar surface area (TPSA) is 26.3 Å². The zero-order valence-corrected chi connectivity index (χ0v) is 18.3. The molecule has 0 heterocycles. The van der Waals surface area contributed by atoms with E-state index in [4.69, 9.17) is 4.74 Å². The summed E-state index contributed by atoms with van der Waals surface area (Å²) < 4.78 is 5.51. The minimum Gasteiger partial charge on any atom is -0.465 e. The Morgan fingerprint density at radius 2 is 0.923 bits per heavy atom. The molecule has 0 spiro atoms. The van der Waals surface area contributed by atoms with Gasteiger partial charge < -0.3 is 4.74 Å². The highest BCUT2D eigenvalue weighted by Gasteiger charge is 2.19. The molecular weight excluding hydrogens is 320 g/mol. The van der Waals surface area contributed by atoms with E-state index in [1.54, 1.807) is 0 Å². The van der Waals surface area contributed by atoms with Crippen LogP contribution in [0.1, 0.15) is 136 Å². The first-order valence-electron chi connectivity index (χ1n) is 11.8. The van der Waals surface area contributed by atoms with E-state index >= 15 is 0 Å². The van der Waals surface area contributed by atoms with Crippen molar-refractivity contribution >= 4 is 5.97 Å². The molecule has 155 valence electrons. The van der Waals surface area contributed by atoms with E-state index < -0.39 is 0 Å². The summed E-state index contributed by atoms with van der Waals surface area (Å²) in [5, 5.41) is 0. The first-order valence-corrected chi connectivity index (χ1v) is 11.8. The summed E-state index contributed by atoms with van der Waals surface area (Å²) in [6.07, 6.45) is 22.4. The van der Waals surface area contributed by atoms with Gasteiger partial charge in [0.25, 0.3) is 0 Å². The van der Waals surface area contributed by atoms with Gasteiger partial charge in [0, 0.05) is 0 Å². The predicted octanol–water partition coefficient (Wildman–Crippen LogP) is 8.19. The van der Waals surface area contributed by atoms with Crippen molar-refractivity contribution in [3.05, 3.63) is 5.92 Å². The van der Waals surface area contributed by atoms with Gasteiger partial charge in [-0.2, -0.15) is 0 Å². The Morgan fingerprint density at radius 3 is 1.35 bits per heavy atom. The van der Waals surface area contributed by atoms with Crippen LogP contribution in [-0.4, -0.2) is 12.6 Å². The average molecular weight is 368 g/mol. The second kappa shape index (κ2) is 20.8. The molecule has 0 fully saturated rings. The van der Waals surface area contributed by atoms with Crippen LogP contribution in [0.4, 0.5) is 0 Å². The molecule has 0 aromatic rings. The molecule has 2 heteroatoms. The van der Waals surface area contributed by atoms with Gasteiger partial charge >= 0.3 is 5.97 Å². The molecule has 0 atom stereocenters. The summed E-state index contributed by atoms with van der Waals surface area (Å²) in [5.74, 6) is 1.00. The van der Waals surface area contributed by atoms with Crippen LogP contribution in [0, 0.1) is 5.92 Å². The zero-order valence-electron chi connectivity index (χ0n) is 18.3. The fourth-order valence-corrected chi connectivity index (χ4v) is 3.32. The van der Waals surface area contributed by atoms with E-state index in [0.29, 0.717) is 6.61 Å². The normalized spacial score (nSPS) is 11.2. The monoisotopic (exact) mass is 367 g/mol. The molecule has 0 saturated carbocycles. The first-order chi connectivity index (χ1) is 12.8. The number of ether oxygens (including phenoxy) is 1. The maximum Gasteiger partial charge on any atom is 0.313 e. The van der Waals surface area contributed by atoms with Crippen molar-refractivity contribution in [3.63, 3.8) is 0 Å². The second-order valence-corrected chi connectivity index (χ2v) is 7.84. The number of carbonyl (C=O) groups excluding carboxylic acids is 1. The largest absolute Gasteiger partial charge is 0.465 e. The molecule has 1 radical (unpaired) electrons. The highest BCUT2D eigenvalue weighted by atomic mass is 16.5. The van der Waals surface area contributed by atoms with Gasteiger partial charge in [-0.1, -0.05) is 117 Å². The molecule has 26 heavy (non-hydrogen) atoms. The lowest BCUT2D eigenvalue weighted by Gasteiger charge is -2.14. The van der Waals surface area contributed by atoms with Crippen molar-refractivity contribution in [1.29, 1.82) is 0 Å². The summed E-state index contributed by atoms with van der Waals surface area (Å²) >= 11 is 0. The third kappa shape index (κ3) is 16.9. The van der Waals surface area contributed by atoms with E-state index in [-0.39, 0.29) is 5.97 Å². The molecule has 0 saturated heterocycles. The van der Waals surface area contributed by atoms with Crippen molar-refractivity contribution in [1.82, 2.24) is 0 Å². The molecule has 0 amide bonds. The number of hydrogen-bond donors (Lipinski definition) is 0. The fraction of sp³-hybridized carbons (Fsp3) is 0.917. The molecule has 2 nitrogen and oxygen atoms in total. The van der Waals surface area contributed by atoms with Gasteiger partial charge in [-0.25, -0.2) is 0 Å². The summed E-state index contributed by atoms with van der Waals surface area (Å²) in [5.41, 5.74) is 0. The van der Waals surface area contributed by atoms with Gasteiger partial charge in [0.15, 0.2) is 0 Å². The molecule has 0 aromatic heterocycles. The maximum atomic E-state index is 12.2. The number of hydrogen-bond acceptors (Lipinski definition) is 2. The van der Waals surface area contributed by atoms with Gasteiger partial charge in [-0.3, -0.25) is 4.79 Å². The number of rotatable bonds is 20. The van der Waals surface area contributed by atoms with Crippen molar-refractivity contribution in [2.24, 2.45) is 0 Å². The standard InChI is InChI=1S/C24H47O2/c1-4-7-10-11-12-13-14-15-16-17-18-19-22-26-24(25)23(20-8-5-2)21-9-6-3/h4-22H2,1-3H3. The average Bonchev–Trinajstić information content (AvgIpc) is 2.65. The van der Waals surface area contributed by atoms with Crippen LogP contribution >= 0.6 is 0 Å². The highest BCUT2D eigenvalue weighted by molar-refractivity contribution is 5.84. The van der Waals surface area contributed by atoms with Crippen molar-refractivity contribution < 1.29 is 9.53 Å². The lowest BCUT2D eigenvalue weighted by Crippen LogP contribution is -2.16. The number of esters is 1. The van der Waals surface area contributed by atoms with E-state index in [0.717, 1.165) is 50.9 Å². The molecule has 0 rings (SSSR count). The third-order valence-electron chi connectivity index (χ3n) is 5.18. The Kier molecular flexibility index (Phi) is 20.4. The van der Waals surface area contributed by atoms with Crippen LogP contribution in [0.5, 0.6) is 0 Å². The molecule has 0 unspecified atom stereocenters. The Bertz CT molecular complexity index is 280. The van der Waals surface area contributed by atoms with Crippen LogP contribution in [0.3, 0.4) is 0 Å². The summed E-state index contributed by atoms with van der Waals surface area (Å²) in [6.45, 7) is 7.24. The minimum absolute atomic E-state index is 0.0185. The van der Waals surface area contributed by atoms with Crippen LogP contribution in [0.15, 0.2) is 0 Å². The third-order valence-corrected chi connectivity index (χ3v) is 5.18. The van der Waals surface area contributed by atoms with Crippen molar-refractivity contribution in [2.75, 3.05) is 6.61 Å². The summed E-state index contributed by atoms with van der Waals surface area (Å²) in [7, 11) is 0. The quantitative estimate of drug-likeness (QED) is 0.160. The van der Waals surface area contributed by atoms with Crippen LogP contribution in [0.25, 0.3) is 0 Å². The van der Waals surface area contributed by atoms with E-state index in [9.17, 15) is 4.79 Å². The SMILES string of the molecule is CCCCCCCCCCCCCCOC(=O)[C](CCCC)CCCC. The lowest BCUT2D eigenvalue weighted by atomic mass is 9.96. The zero-order chi connectivity index (χ0) is 19.3. The molecule has 0 N–H and O–H groups in total. The maximum absolute atomic E-state index is 12.2. The van der Waals surface area contributed by atoms with Gasteiger partial charge in [0.2, 0.25) is 0 Å². The molecule has 0 aliphatic heterocycles. The first kappa shape index (κ1) is 25.5. The Labute approximate surface area is 164 Å². The smallest absolute Gasteiger partial charge is 0.313 e. The predicted molar refractivity (Wildman–Crippen MR) is 114 cm³/mol. The second-order valence-electron chi connectivity index (χ2n) is 7.84. The molecular formula is C24H47O2. The molecule has 0 aliphatic rings. The van der Waals surface area contributed by atoms with Crippen LogP contribution in [0.2, 0.25) is 0 Å². The van der Waals surface area contributed by atoms with E-state index in [1.807, 2.05) is 0 Å². The van der Waals surface area contributed by atoms with E-state index in [1.165, 1.54) is 70.6 Å². The fourth-order valence-electron chi connectivity index (χ4n) is 3.32. The molecule has 0 aliphatic carbocycles. The van der Waals surface area contributed by atoms with Crippen molar-refractivity contribution in [2.45, 2.75) is 136 Å². The van der Waals surface area contributed by atoms with Gasteiger partial charge in [-0.15, -0.1) is 0 Å². The van der Waals surface area contributed by atoms with Gasteiger partial charge in [0.05, 0.1) is 12.5 Å². The minimum atomic E-state index is -0.0185. The molecule has 0 aromatic carbocycles. The molecule has 0 bridgehead atoms.